The van der Waals surface area contributed by atoms with Gasteiger partial charge in [0, 0.05) is 6.20 Å². The molecule has 0 bridgehead atoms. The van der Waals surface area contributed by atoms with Crippen LogP contribution in [0.2, 0.25) is 0 Å². The Morgan fingerprint density at radius 2 is 2.47 bits per heavy atom. The average Bonchev–Trinajstić information content (AvgIpc) is 2.86. The topological polar surface area (TPSA) is 91.7 Å². The van der Waals surface area contributed by atoms with E-state index in [-0.39, 0.29) is 17.9 Å². The van der Waals surface area contributed by atoms with Crippen LogP contribution < -0.4 is 10.1 Å². The van der Waals surface area contributed by atoms with Crippen molar-refractivity contribution in [1.82, 2.24) is 4.98 Å². The van der Waals surface area contributed by atoms with Crippen LogP contribution >= 0.6 is 11.3 Å². The van der Waals surface area contributed by atoms with Crippen LogP contribution in [0, 0.1) is 5.92 Å². The van der Waals surface area contributed by atoms with E-state index in [4.69, 9.17) is 14.8 Å². The molecule has 92 valence electrons. The minimum atomic E-state index is -1.55. The number of anilines is 1. The lowest BCUT2D eigenvalue weighted by atomic mass is 9.91. The maximum absolute atomic E-state index is 11.8. The Morgan fingerprint density at radius 1 is 1.71 bits per heavy atom. The Bertz CT molecular complexity index is 411. The second kappa shape index (κ2) is 5.13. The molecule has 2 atom stereocenters. The quantitative estimate of drug-likeness (QED) is 0.615. The summed E-state index contributed by atoms with van der Waals surface area (Å²) in [7, 11) is -1.55. The van der Waals surface area contributed by atoms with Gasteiger partial charge in [-0.1, -0.05) is 0 Å². The number of ether oxygens (including phenoxy) is 1. The van der Waals surface area contributed by atoms with Gasteiger partial charge in [-0.25, -0.2) is 4.98 Å². The van der Waals surface area contributed by atoms with E-state index in [1.54, 1.807) is 0 Å². The summed E-state index contributed by atoms with van der Waals surface area (Å²) in [4.78, 5) is 15.7. The standard InChI is InChI=1S/C9H13BN2O4S/c1-5-2-6(4-16-5)8(13)12-9-11-3-7(17-9)10(14)15/h3,5-6,14-15H,2,4H2,1H3,(H,11,12,13). The highest BCUT2D eigenvalue weighted by atomic mass is 32.1. The maximum atomic E-state index is 11.8. The van der Waals surface area contributed by atoms with E-state index in [2.05, 4.69) is 10.3 Å². The van der Waals surface area contributed by atoms with Crippen LogP contribution in [0.3, 0.4) is 0 Å². The number of carbonyl (C=O) groups is 1. The molecule has 17 heavy (non-hydrogen) atoms. The van der Waals surface area contributed by atoms with E-state index in [0.29, 0.717) is 22.9 Å². The summed E-state index contributed by atoms with van der Waals surface area (Å²) in [5.41, 5.74) is 0. The summed E-state index contributed by atoms with van der Waals surface area (Å²) in [6, 6.07) is 0. The van der Waals surface area contributed by atoms with Gasteiger partial charge in [0.1, 0.15) is 0 Å². The molecule has 1 aromatic rings. The number of rotatable bonds is 3. The highest BCUT2D eigenvalue weighted by molar-refractivity contribution is 7.25. The van der Waals surface area contributed by atoms with Gasteiger partial charge in [-0.05, 0) is 13.3 Å². The largest absolute Gasteiger partial charge is 0.500 e. The van der Waals surface area contributed by atoms with Crippen LogP contribution in [-0.4, -0.2) is 40.8 Å². The molecule has 0 aromatic carbocycles. The molecule has 2 unspecified atom stereocenters. The van der Waals surface area contributed by atoms with Crippen LogP contribution in [0.15, 0.2) is 6.20 Å². The molecule has 2 heterocycles. The van der Waals surface area contributed by atoms with E-state index >= 15 is 0 Å². The van der Waals surface area contributed by atoms with Crippen molar-refractivity contribution in [3.05, 3.63) is 6.20 Å². The zero-order chi connectivity index (χ0) is 12.4. The molecule has 0 spiro atoms. The third kappa shape index (κ3) is 3.03. The minimum absolute atomic E-state index is 0.108. The summed E-state index contributed by atoms with van der Waals surface area (Å²) >= 11 is 1.05. The summed E-state index contributed by atoms with van der Waals surface area (Å²) in [5, 5.41) is 20.8. The SMILES string of the molecule is CC1CC(C(=O)Nc2ncc(B(O)O)s2)CO1. The molecule has 1 aromatic heterocycles. The van der Waals surface area contributed by atoms with Crippen LogP contribution in [0.4, 0.5) is 5.13 Å². The molecule has 1 aliphatic heterocycles. The molecule has 0 aliphatic carbocycles. The number of nitrogens with one attached hydrogen (secondary N) is 1. The van der Waals surface area contributed by atoms with Crippen LogP contribution in [0.5, 0.6) is 0 Å². The van der Waals surface area contributed by atoms with Gasteiger partial charge in [-0.3, -0.25) is 4.79 Å². The van der Waals surface area contributed by atoms with Crippen molar-refractivity contribution in [2.24, 2.45) is 5.92 Å². The highest BCUT2D eigenvalue weighted by Crippen LogP contribution is 2.21. The molecule has 0 saturated carbocycles. The van der Waals surface area contributed by atoms with E-state index < -0.39 is 7.12 Å². The molecule has 8 heteroatoms. The number of amides is 1. The van der Waals surface area contributed by atoms with Crippen LogP contribution in [0.25, 0.3) is 0 Å². The van der Waals surface area contributed by atoms with Crippen molar-refractivity contribution in [2.75, 3.05) is 11.9 Å². The molecule has 1 amide bonds. The van der Waals surface area contributed by atoms with Gasteiger partial charge in [-0.2, -0.15) is 0 Å². The monoisotopic (exact) mass is 256 g/mol. The van der Waals surface area contributed by atoms with Crippen LogP contribution in [-0.2, 0) is 9.53 Å². The predicted octanol–water partition coefficient (Wildman–Crippen LogP) is -0.814. The Balaban J connectivity index is 1.93. The smallest absolute Gasteiger partial charge is 0.423 e. The molecule has 1 fully saturated rings. The summed E-state index contributed by atoms with van der Waals surface area (Å²) in [5.74, 6) is -0.293. The summed E-state index contributed by atoms with van der Waals surface area (Å²) < 4.78 is 5.61. The number of aromatic nitrogens is 1. The molecular weight excluding hydrogens is 243 g/mol. The second-order valence-electron chi connectivity index (χ2n) is 4.01. The first-order chi connectivity index (χ1) is 8.06. The lowest BCUT2D eigenvalue weighted by molar-refractivity contribution is -0.119. The fourth-order valence-electron chi connectivity index (χ4n) is 1.67. The van der Waals surface area contributed by atoms with Gasteiger partial charge >= 0.3 is 7.12 Å². The fourth-order valence-corrected chi connectivity index (χ4v) is 2.36. The lowest BCUT2D eigenvalue weighted by Gasteiger charge is -2.06. The van der Waals surface area contributed by atoms with Gasteiger partial charge in [0.2, 0.25) is 5.91 Å². The fraction of sp³-hybridized carbons (Fsp3) is 0.556. The Kier molecular flexibility index (Phi) is 3.77. The van der Waals surface area contributed by atoms with Crippen LogP contribution in [0.1, 0.15) is 13.3 Å². The van der Waals surface area contributed by atoms with E-state index in [1.807, 2.05) is 6.92 Å². The lowest BCUT2D eigenvalue weighted by Crippen LogP contribution is -2.26. The van der Waals surface area contributed by atoms with Crippen molar-refractivity contribution < 1.29 is 19.6 Å². The number of nitrogens with zero attached hydrogens (tertiary/aromatic N) is 1. The van der Waals surface area contributed by atoms with E-state index in [9.17, 15) is 4.79 Å². The van der Waals surface area contributed by atoms with Crippen molar-refractivity contribution in [1.29, 1.82) is 0 Å². The molecule has 6 nitrogen and oxygen atoms in total. The molecule has 0 radical (unpaired) electrons. The summed E-state index contributed by atoms with van der Waals surface area (Å²) in [6.45, 7) is 2.35. The van der Waals surface area contributed by atoms with E-state index in [1.165, 1.54) is 6.20 Å². The number of thiazole rings is 1. The number of hydrogen-bond donors (Lipinski definition) is 3. The second-order valence-corrected chi connectivity index (χ2v) is 5.07. The van der Waals surface area contributed by atoms with Gasteiger partial charge in [0.25, 0.3) is 0 Å². The minimum Gasteiger partial charge on any atom is -0.423 e. The zero-order valence-electron chi connectivity index (χ0n) is 9.29. The van der Waals surface area contributed by atoms with Gasteiger partial charge < -0.3 is 20.1 Å². The van der Waals surface area contributed by atoms with Crippen molar-refractivity contribution in [2.45, 2.75) is 19.4 Å². The number of carbonyl (C=O) groups excluding carboxylic acids is 1. The van der Waals surface area contributed by atoms with Crippen molar-refractivity contribution in [3.8, 4) is 0 Å². The Morgan fingerprint density at radius 3 is 3.00 bits per heavy atom. The van der Waals surface area contributed by atoms with E-state index in [0.717, 1.165) is 11.3 Å². The first kappa shape index (κ1) is 12.5. The average molecular weight is 256 g/mol. The molecule has 3 N–H and O–H groups in total. The van der Waals surface area contributed by atoms with Crippen molar-refractivity contribution >= 4 is 34.3 Å². The Labute approximate surface area is 103 Å². The predicted molar refractivity (Wildman–Crippen MR) is 64.1 cm³/mol. The maximum Gasteiger partial charge on any atom is 0.500 e. The molecule has 1 aliphatic rings. The third-order valence-corrected chi connectivity index (χ3v) is 3.53. The highest BCUT2D eigenvalue weighted by Gasteiger charge is 2.29. The first-order valence-corrected chi connectivity index (χ1v) is 6.12. The normalized spacial score (nSPS) is 23.7. The Hall–Kier alpha value is -0.955. The van der Waals surface area contributed by atoms with Crippen molar-refractivity contribution in [3.63, 3.8) is 0 Å². The summed E-state index contributed by atoms with van der Waals surface area (Å²) in [6.07, 6.45) is 2.14. The zero-order valence-corrected chi connectivity index (χ0v) is 10.1. The molecular formula is C9H13BN2O4S. The van der Waals surface area contributed by atoms with Gasteiger partial charge in [-0.15, -0.1) is 11.3 Å². The third-order valence-electron chi connectivity index (χ3n) is 2.58. The molecule has 1 saturated heterocycles. The number of hydrogen-bond acceptors (Lipinski definition) is 6. The van der Waals surface area contributed by atoms with Gasteiger partial charge in [0.05, 0.1) is 23.4 Å². The first-order valence-electron chi connectivity index (χ1n) is 5.30. The van der Waals surface area contributed by atoms with Gasteiger partial charge in [0.15, 0.2) is 5.13 Å². The molecule has 2 rings (SSSR count).